The number of nitrogens with one attached hydrogen (secondary N) is 4. The van der Waals surface area contributed by atoms with E-state index < -0.39 is 23.4 Å². The SMILES string of the molecule is C[C@](CNC(=O)N[C@@H]1CCc2ccccc21)(NC(=O)c1c(Cl)ccc(NC2CCc3ccccc3C2)c1Cl)C(=O)O. The van der Waals surface area contributed by atoms with E-state index in [9.17, 15) is 19.5 Å². The smallest absolute Gasteiger partial charge is 0.330 e. The lowest BCUT2D eigenvalue weighted by atomic mass is 9.88. The number of carbonyl (C=O) groups excluding carboxylic acids is 2. The molecule has 2 aliphatic carbocycles. The number of carboxylic acid groups (broad SMARTS) is 1. The summed E-state index contributed by atoms with van der Waals surface area (Å²) in [7, 11) is 0. The van der Waals surface area contributed by atoms with Crippen LogP contribution in [0.2, 0.25) is 10.0 Å². The van der Waals surface area contributed by atoms with Crippen LogP contribution >= 0.6 is 23.2 Å². The quantitative estimate of drug-likeness (QED) is 0.235. The molecule has 5 N–H and O–H groups in total. The summed E-state index contributed by atoms with van der Waals surface area (Å²) in [6, 6.07) is 18.9. The lowest BCUT2D eigenvalue weighted by Gasteiger charge is -2.29. The maximum atomic E-state index is 13.4. The van der Waals surface area contributed by atoms with Gasteiger partial charge in [0.15, 0.2) is 5.54 Å². The molecule has 0 radical (unpaired) electrons. The van der Waals surface area contributed by atoms with Gasteiger partial charge in [-0.05, 0) is 73.4 Å². The molecule has 0 bridgehead atoms. The van der Waals surface area contributed by atoms with Gasteiger partial charge in [-0.25, -0.2) is 9.59 Å². The number of hydrogen-bond donors (Lipinski definition) is 5. The minimum atomic E-state index is -1.83. The number of carboxylic acids is 1. The van der Waals surface area contributed by atoms with Crippen LogP contribution in [0.15, 0.2) is 60.7 Å². The number of urea groups is 1. The predicted octanol–water partition coefficient (Wildman–Crippen LogP) is 5.52. The summed E-state index contributed by atoms with van der Waals surface area (Å²) in [6.07, 6.45) is 4.25. The Morgan fingerprint density at radius 2 is 1.61 bits per heavy atom. The van der Waals surface area contributed by atoms with Crippen molar-refractivity contribution in [3.63, 3.8) is 0 Å². The molecule has 3 atom stereocenters. The van der Waals surface area contributed by atoms with Gasteiger partial charge in [0.25, 0.3) is 5.91 Å². The topological polar surface area (TPSA) is 120 Å². The highest BCUT2D eigenvalue weighted by Gasteiger charge is 2.37. The van der Waals surface area contributed by atoms with E-state index >= 15 is 0 Å². The zero-order chi connectivity index (χ0) is 29.1. The molecule has 0 saturated heterocycles. The normalized spacial score (nSPS) is 18.8. The van der Waals surface area contributed by atoms with Crippen molar-refractivity contribution in [3.05, 3.63) is 98.5 Å². The minimum Gasteiger partial charge on any atom is -0.479 e. The first-order valence-electron chi connectivity index (χ1n) is 13.6. The zero-order valence-electron chi connectivity index (χ0n) is 22.6. The Morgan fingerprint density at radius 1 is 0.927 bits per heavy atom. The second-order valence-corrected chi connectivity index (χ2v) is 11.6. The third-order valence-corrected chi connectivity index (χ3v) is 8.63. The second kappa shape index (κ2) is 12.0. The Hall–Kier alpha value is -3.75. The van der Waals surface area contributed by atoms with Crippen molar-refractivity contribution in [2.24, 2.45) is 0 Å². The molecule has 3 aromatic rings. The van der Waals surface area contributed by atoms with E-state index in [4.69, 9.17) is 23.2 Å². The van der Waals surface area contributed by atoms with E-state index in [0.29, 0.717) is 5.69 Å². The summed E-state index contributed by atoms with van der Waals surface area (Å²) in [5.74, 6) is -2.07. The van der Waals surface area contributed by atoms with Crippen molar-refractivity contribution in [3.8, 4) is 0 Å². The average Bonchev–Trinajstić information content (AvgIpc) is 3.36. The van der Waals surface area contributed by atoms with Gasteiger partial charge in [0.2, 0.25) is 0 Å². The van der Waals surface area contributed by atoms with Crippen LogP contribution in [0.4, 0.5) is 10.5 Å². The highest BCUT2D eigenvalue weighted by molar-refractivity contribution is 6.41. The number of rotatable bonds is 8. The van der Waals surface area contributed by atoms with E-state index in [1.165, 1.54) is 23.6 Å². The Morgan fingerprint density at radius 3 is 2.37 bits per heavy atom. The van der Waals surface area contributed by atoms with Crippen molar-refractivity contribution in [1.29, 1.82) is 0 Å². The summed E-state index contributed by atoms with van der Waals surface area (Å²) < 4.78 is 0. The largest absolute Gasteiger partial charge is 0.479 e. The molecule has 0 aliphatic heterocycles. The van der Waals surface area contributed by atoms with E-state index in [1.54, 1.807) is 12.1 Å². The maximum Gasteiger partial charge on any atom is 0.330 e. The molecule has 214 valence electrons. The molecule has 2 aliphatic rings. The summed E-state index contributed by atoms with van der Waals surface area (Å²) in [4.78, 5) is 38.3. The highest BCUT2D eigenvalue weighted by Crippen LogP contribution is 2.34. The van der Waals surface area contributed by atoms with Crippen LogP contribution in [-0.4, -0.2) is 41.1 Å². The summed E-state index contributed by atoms with van der Waals surface area (Å²) >= 11 is 13.0. The van der Waals surface area contributed by atoms with E-state index in [1.807, 2.05) is 36.4 Å². The van der Waals surface area contributed by atoms with Gasteiger partial charge in [-0.15, -0.1) is 0 Å². The molecule has 0 aromatic heterocycles. The lowest BCUT2D eigenvalue weighted by molar-refractivity contribution is -0.143. The number of amides is 3. The van der Waals surface area contributed by atoms with Crippen molar-refractivity contribution in [2.45, 2.75) is 56.7 Å². The maximum absolute atomic E-state index is 13.4. The summed E-state index contributed by atoms with van der Waals surface area (Å²) in [5, 5.41) is 21.6. The van der Waals surface area contributed by atoms with Gasteiger partial charge in [-0.1, -0.05) is 71.7 Å². The molecule has 3 amide bonds. The van der Waals surface area contributed by atoms with E-state index in [0.717, 1.165) is 37.7 Å². The van der Waals surface area contributed by atoms with Gasteiger partial charge in [0, 0.05) is 6.04 Å². The minimum absolute atomic E-state index is 0.0333. The molecule has 8 nitrogen and oxygen atoms in total. The Balaban J connectivity index is 1.24. The summed E-state index contributed by atoms with van der Waals surface area (Å²) in [5.41, 5.74) is 3.50. The van der Waals surface area contributed by atoms with Crippen LogP contribution < -0.4 is 21.3 Å². The molecule has 3 aromatic carbocycles. The number of aliphatic carboxylic acids is 1. The van der Waals surface area contributed by atoms with Crippen LogP contribution in [0.25, 0.3) is 0 Å². The average molecular weight is 596 g/mol. The van der Waals surface area contributed by atoms with Gasteiger partial charge in [-0.3, -0.25) is 4.79 Å². The second-order valence-electron chi connectivity index (χ2n) is 10.8. The molecule has 0 spiro atoms. The number of carbonyl (C=O) groups is 3. The Bertz CT molecular complexity index is 1500. The number of halogens is 2. The van der Waals surface area contributed by atoms with Gasteiger partial charge >= 0.3 is 12.0 Å². The van der Waals surface area contributed by atoms with Gasteiger partial charge in [0.1, 0.15) is 0 Å². The first-order valence-corrected chi connectivity index (χ1v) is 14.4. The Labute approximate surface area is 248 Å². The van der Waals surface area contributed by atoms with Crippen LogP contribution in [-0.2, 0) is 24.1 Å². The fraction of sp³-hybridized carbons (Fsp3) is 0.323. The molecule has 41 heavy (non-hydrogen) atoms. The highest BCUT2D eigenvalue weighted by atomic mass is 35.5. The van der Waals surface area contributed by atoms with Gasteiger partial charge in [0.05, 0.1) is 33.9 Å². The number of hydrogen-bond acceptors (Lipinski definition) is 4. The van der Waals surface area contributed by atoms with Crippen LogP contribution in [0.5, 0.6) is 0 Å². The molecule has 0 fully saturated rings. The van der Waals surface area contributed by atoms with Crippen molar-refractivity contribution < 1.29 is 19.5 Å². The van der Waals surface area contributed by atoms with E-state index in [-0.39, 0.29) is 34.2 Å². The monoisotopic (exact) mass is 594 g/mol. The molecular formula is C31H32Cl2N4O4. The van der Waals surface area contributed by atoms with Crippen molar-refractivity contribution >= 4 is 46.8 Å². The predicted molar refractivity (Wildman–Crippen MR) is 160 cm³/mol. The number of anilines is 1. The molecule has 5 rings (SSSR count). The van der Waals surface area contributed by atoms with Gasteiger partial charge < -0.3 is 26.4 Å². The lowest BCUT2D eigenvalue weighted by Crippen LogP contribution is -2.59. The van der Waals surface area contributed by atoms with Crippen molar-refractivity contribution in [1.82, 2.24) is 16.0 Å². The third-order valence-electron chi connectivity index (χ3n) is 7.93. The van der Waals surface area contributed by atoms with E-state index in [2.05, 4.69) is 33.4 Å². The fourth-order valence-electron chi connectivity index (χ4n) is 5.57. The molecule has 1 unspecified atom stereocenters. The molecular weight excluding hydrogens is 563 g/mol. The van der Waals surface area contributed by atoms with Crippen LogP contribution in [0, 0.1) is 0 Å². The summed E-state index contributed by atoms with van der Waals surface area (Å²) in [6.45, 7) is 0.963. The Kier molecular flexibility index (Phi) is 8.42. The van der Waals surface area contributed by atoms with Crippen molar-refractivity contribution in [2.75, 3.05) is 11.9 Å². The van der Waals surface area contributed by atoms with Crippen LogP contribution in [0.3, 0.4) is 0 Å². The third kappa shape index (κ3) is 6.29. The first-order chi connectivity index (χ1) is 19.6. The standard InChI is InChI=1S/C31H32Cl2N4O4/c1-31(29(39)40,17-34-30(41)36-24-14-11-19-7-4-5-9-22(19)24)37-28(38)26-23(32)13-15-25(27(26)33)35-21-12-10-18-6-2-3-8-20(18)16-21/h2-9,13,15,21,24,35H,10-12,14,16-17H2,1H3,(H,37,38)(H,39,40)(H2,34,36,41)/t21?,24-,31-/m1/s1. The number of benzene rings is 3. The molecule has 0 saturated carbocycles. The zero-order valence-corrected chi connectivity index (χ0v) is 24.1. The molecule has 10 heteroatoms. The van der Waals surface area contributed by atoms with Crippen LogP contribution in [0.1, 0.15) is 58.4 Å². The van der Waals surface area contributed by atoms with Gasteiger partial charge in [-0.2, -0.15) is 0 Å². The first kappa shape index (κ1) is 28.8. The number of fused-ring (bicyclic) bond motifs is 2. The fourth-order valence-corrected chi connectivity index (χ4v) is 6.17. The number of aryl methyl sites for hydroxylation is 2. The molecule has 0 heterocycles.